The van der Waals surface area contributed by atoms with Gasteiger partial charge in [0.15, 0.2) is 0 Å². The van der Waals surface area contributed by atoms with E-state index in [-0.39, 0.29) is 12.2 Å². The zero-order valence-electron chi connectivity index (χ0n) is 12.5. The van der Waals surface area contributed by atoms with E-state index in [0.717, 1.165) is 0 Å². The summed E-state index contributed by atoms with van der Waals surface area (Å²) in [4.78, 5) is 40.4. The minimum absolute atomic E-state index is 0.266. The van der Waals surface area contributed by atoms with Crippen LogP contribution in [-0.2, 0) is 19.2 Å². The third-order valence-corrected chi connectivity index (χ3v) is 3.53. The minimum atomic E-state index is -1.08. The first-order valence-electron chi connectivity index (χ1n) is 6.48. The largest absolute Gasteiger partial charge is 0.481 e. The zero-order valence-corrected chi connectivity index (χ0v) is 13.4. The van der Waals surface area contributed by atoms with Gasteiger partial charge in [0.05, 0.1) is 12.3 Å². The van der Waals surface area contributed by atoms with E-state index < -0.39 is 41.9 Å². The van der Waals surface area contributed by atoms with Crippen LogP contribution in [-0.4, -0.2) is 67.9 Å². The summed E-state index contributed by atoms with van der Waals surface area (Å²) in [6, 6.07) is -1.79. The fourth-order valence-electron chi connectivity index (χ4n) is 0.965. The molecule has 0 heterocycles. The Morgan fingerprint density at radius 3 is 1.70 bits per heavy atom. The number of carbonyl (C=O) groups is 4. The summed E-state index contributed by atoms with van der Waals surface area (Å²) in [7, 11) is 0. The Morgan fingerprint density at radius 2 is 1.39 bits per heavy atom. The Bertz CT molecular complexity index is 396. The summed E-state index contributed by atoms with van der Waals surface area (Å²) < 4.78 is 0. The topological polar surface area (TPSA) is 201 Å². The maximum Gasteiger partial charge on any atom is 0.321 e. The molecule has 3 unspecified atom stereocenters. The molecule has 0 saturated carbocycles. The number of carboxylic acid groups (broad SMARTS) is 4. The van der Waals surface area contributed by atoms with Crippen LogP contribution in [0, 0.1) is 5.92 Å². The van der Waals surface area contributed by atoms with Crippen molar-refractivity contribution in [2.24, 2.45) is 17.4 Å². The Kier molecular flexibility index (Phi) is 12.9. The van der Waals surface area contributed by atoms with Gasteiger partial charge in [-0.2, -0.15) is 11.8 Å². The number of carboxylic acids is 4. The molecule has 0 aliphatic heterocycles. The Balaban J connectivity index is 0. The number of nitrogens with two attached hydrogens (primary N) is 2. The van der Waals surface area contributed by atoms with Crippen molar-refractivity contribution in [2.45, 2.75) is 31.8 Å². The van der Waals surface area contributed by atoms with Gasteiger partial charge in [0.2, 0.25) is 0 Å². The SMILES string of the molecule is CC(CC(=O)O)C(=O)O.NC(CCSCC(N)C(=O)O)C(=O)O. The van der Waals surface area contributed by atoms with Crippen LogP contribution in [0.5, 0.6) is 0 Å². The fraction of sp³-hybridized carbons (Fsp3) is 0.667. The minimum Gasteiger partial charge on any atom is -0.481 e. The van der Waals surface area contributed by atoms with Gasteiger partial charge >= 0.3 is 23.9 Å². The number of hydrogen-bond donors (Lipinski definition) is 6. The summed E-state index contributed by atoms with van der Waals surface area (Å²) >= 11 is 1.29. The standard InChI is InChI=1S/C7H14N2O4S.C5H8O4/c8-4(6(10)11)1-2-14-3-5(9)7(12)13;1-3(5(8)9)2-4(6)7/h4-5H,1-3,8-9H2,(H,10,11)(H,12,13);3H,2H2,1H3,(H,6,7)(H,8,9). The lowest BCUT2D eigenvalue weighted by molar-refractivity contribution is -0.147. The molecule has 0 aromatic heterocycles. The molecule has 0 rings (SSSR count). The Hall–Kier alpha value is -1.85. The third-order valence-electron chi connectivity index (χ3n) is 2.41. The van der Waals surface area contributed by atoms with Gasteiger partial charge in [0.1, 0.15) is 12.1 Å². The molecule has 8 N–H and O–H groups in total. The van der Waals surface area contributed by atoms with Gasteiger partial charge in [-0.1, -0.05) is 6.92 Å². The maximum absolute atomic E-state index is 10.3. The molecule has 10 nitrogen and oxygen atoms in total. The van der Waals surface area contributed by atoms with Gasteiger partial charge in [-0.25, -0.2) is 0 Å². The quantitative estimate of drug-likeness (QED) is 0.266. The van der Waals surface area contributed by atoms with Gasteiger partial charge < -0.3 is 31.9 Å². The molecule has 23 heavy (non-hydrogen) atoms. The van der Waals surface area contributed by atoms with E-state index in [0.29, 0.717) is 12.2 Å². The van der Waals surface area contributed by atoms with Crippen LogP contribution >= 0.6 is 11.8 Å². The van der Waals surface area contributed by atoms with Crippen LogP contribution in [0.4, 0.5) is 0 Å². The summed E-state index contributed by atoms with van der Waals surface area (Å²) in [5.41, 5.74) is 10.5. The van der Waals surface area contributed by atoms with Gasteiger partial charge in [0.25, 0.3) is 0 Å². The van der Waals surface area contributed by atoms with E-state index in [2.05, 4.69) is 0 Å². The molecule has 134 valence electrons. The predicted molar refractivity (Wildman–Crippen MR) is 82.2 cm³/mol. The number of thioether (sulfide) groups is 1. The second-order valence-electron chi connectivity index (χ2n) is 4.59. The normalized spacial score (nSPS) is 13.9. The molecular weight excluding hydrogens is 332 g/mol. The van der Waals surface area contributed by atoms with Crippen molar-refractivity contribution in [3.63, 3.8) is 0 Å². The highest BCUT2D eigenvalue weighted by atomic mass is 32.2. The zero-order chi connectivity index (χ0) is 18.6. The van der Waals surface area contributed by atoms with E-state index in [1.54, 1.807) is 0 Å². The fourth-order valence-corrected chi connectivity index (χ4v) is 1.95. The molecule has 0 fully saturated rings. The highest BCUT2D eigenvalue weighted by Crippen LogP contribution is 2.05. The molecule has 0 saturated heterocycles. The molecule has 3 atom stereocenters. The second-order valence-corrected chi connectivity index (χ2v) is 5.74. The van der Waals surface area contributed by atoms with Crippen molar-refractivity contribution in [1.82, 2.24) is 0 Å². The lowest BCUT2D eigenvalue weighted by atomic mass is 10.1. The first-order valence-corrected chi connectivity index (χ1v) is 7.63. The monoisotopic (exact) mass is 354 g/mol. The first-order chi connectivity index (χ1) is 10.5. The molecule has 0 aliphatic carbocycles. The van der Waals surface area contributed by atoms with Crippen molar-refractivity contribution >= 4 is 35.6 Å². The molecule has 0 aliphatic rings. The van der Waals surface area contributed by atoms with Crippen LogP contribution in [0.1, 0.15) is 19.8 Å². The average Bonchev–Trinajstić information content (AvgIpc) is 2.42. The highest BCUT2D eigenvalue weighted by molar-refractivity contribution is 7.99. The third kappa shape index (κ3) is 14.8. The summed E-state index contributed by atoms with van der Waals surface area (Å²) in [5.74, 6) is -4.28. The van der Waals surface area contributed by atoms with Crippen LogP contribution in [0.3, 0.4) is 0 Å². The molecule has 11 heteroatoms. The molecule has 0 spiro atoms. The summed E-state index contributed by atoms with van der Waals surface area (Å²) in [5, 5.41) is 33.1. The number of hydrogen-bond acceptors (Lipinski definition) is 7. The Labute approximate surface area is 136 Å². The van der Waals surface area contributed by atoms with E-state index >= 15 is 0 Å². The van der Waals surface area contributed by atoms with Crippen LogP contribution in [0.2, 0.25) is 0 Å². The van der Waals surface area contributed by atoms with E-state index in [4.69, 9.17) is 31.9 Å². The highest BCUT2D eigenvalue weighted by Gasteiger charge is 2.14. The van der Waals surface area contributed by atoms with Gasteiger partial charge in [-0.15, -0.1) is 0 Å². The maximum atomic E-state index is 10.3. The number of aliphatic carboxylic acids is 4. The molecular formula is C12H22N2O8S. The summed E-state index contributed by atoms with van der Waals surface area (Å²) in [6.45, 7) is 1.36. The smallest absolute Gasteiger partial charge is 0.321 e. The van der Waals surface area contributed by atoms with E-state index in [1.807, 2.05) is 0 Å². The van der Waals surface area contributed by atoms with Crippen molar-refractivity contribution < 1.29 is 39.6 Å². The van der Waals surface area contributed by atoms with Crippen LogP contribution in [0.15, 0.2) is 0 Å². The molecule has 0 aromatic rings. The van der Waals surface area contributed by atoms with Crippen molar-refractivity contribution in [1.29, 1.82) is 0 Å². The average molecular weight is 354 g/mol. The van der Waals surface area contributed by atoms with Gasteiger partial charge in [0, 0.05) is 5.75 Å². The van der Waals surface area contributed by atoms with Crippen LogP contribution < -0.4 is 11.5 Å². The molecule has 0 radical (unpaired) electrons. The first kappa shape index (κ1) is 23.4. The van der Waals surface area contributed by atoms with E-state index in [1.165, 1.54) is 18.7 Å². The lowest BCUT2D eigenvalue weighted by Crippen LogP contribution is -2.33. The summed E-state index contributed by atoms with van der Waals surface area (Å²) in [6.07, 6.45) is 0.00166. The van der Waals surface area contributed by atoms with E-state index in [9.17, 15) is 19.2 Å². The van der Waals surface area contributed by atoms with Gasteiger partial charge in [-0.3, -0.25) is 19.2 Å². The predicted octanol–water partition coefficient (Wildman–Crippen LogP) is -0.885. The lowest BCUT2D eigenvalue weighted by Gasteiger charge is -2.07. The molecule has 0 amide bonds. The molecule has 0 aromatic carbocycles. The van der Waals surface area contributed by atoms with Crippen molar-refractivity contribution in [3.8, 4) is 0 Å². The van der Waals surface area contributed by atoms with Crippen LogP contribution in [0.25, 0.3) is 0 Å². The molecule has 0 bridgehead atoms. The van der Waals surface area contributed by atoms with Crippen molar-refractivity contribution in [2.75, 3.05) is 11.5 Å². The van der Waals surface area contributed by atoms with Gasteiger partial charge in [-0.05, 0) is 12.2 Å². The Morgan fingerprint density at radius 1 is 0.913 bits per heavy atom. The number of rotatable bonds is 10. The second kappa shape index (κ2) is 12.7. The van der Waals surface area contributed by atoms with Crippen molar-refractivity contribution in [3.05, 3.63) is 0 Å².